The smallest absolute Gasteiger partial charge is 0.328 e. The Morgan fingerprint density at radius 1 is 1.50 bits per heavy atom. The molecule has 0 amide bonds. The fraction of sp³-hybridized carbons (Fsp3) is 0.800. The van der Waals surface area contributed by atoms with Gasteiger partial charge >= 0.3 is 5.97 Å². The second kappa shape index (κ2) is 9.35. The topological polar surface area (TPSA) is 59.6 Å². The fourth-order valence-corrected chi connectivity index (χ4v) is 1.27. The molecular formula is C10H20N2O3S. The summed E-state index contributed by atoms with van der Waals surface area (Å²) in [6.45, 7) is 5.25. The van der Waals surface area contributed by atoms with E-state index < -0.39 is 6.04 Å². The molecule has 0 aromatic rings. The standard InChI is InChI=1S/C10H20N2O3S/c1-4-15-9(13)8(2)12-10(16)11-6-5-7-14-3/h8H,4-7H2,1-3H3,(H2,11,12,16). The minimum atomic E-state index is -0.428. The first-order valence-corrected chi connectivity index (χ1v) is 5.72. The van der Waals surface area contributed by atoms with Crippen LogP contribution in [0.3, 0.4) is 0 Å². The maximum Gasteiger partial charge on any atom is 0.328 e. The van der Waals surface area contributed by atoms with Gasteiger partial charge in [0.05, 0.1) is 6.61 Å². The van der Waals surface area contributed by atoms with Gasteiger partial charge in [-0.2, -0.15) is 0 Å². The van der Waals surface area contributed by atoms with E-state index in [0.717, 1.165) is 13.0 Å². The zero-order valence-electron chi connectivity index (χ0n) is 10.0. The average molecular weight is 248 g/mol. The van der Waals surface area contributed by atoms with Crippen molar-refractivity contribution in [2.45, 2.75) is 26.3 Å². The number of carbonyl (C=O) groups is 1. The molecule has 0 rings (SSSR count). The van der Waals surface area contributed by atoms with Crippen LogP contribution in [0, 0.1) is 0 Å². The Morgan fingerprint density at radius 3 is 2.75 bits per heavy atom. The van der Waals surface area contributed by atoms with Crippen LogP contribution in [0.25, 0.3) is 0 Å². The normalized spacial score (nSPS) is 11.7. The van der Waals surface area contributed by atoms with E-state index in [1.54, 1.807) is 21.0 Å². The maximum atomic E-state index is 11.3. The molecule has 2 N–H and O–H groups in total. The number of methoxy groups -OCH3 is 1. The van der Waals surface area contributed by atoms with Crippen molar-refractivity contribution < 1.29 is 14.3 Å². The summed E-state index contributed by atoms with van der Waals surface area (Å²) in [6, 6.07) is -0.428. The van der Waals surface area contributed by atoms with E-state index >= 15 is 0 Å². The minimum Gasteiger partial charge on any atom is -0.464 e. The predicted octanol–water partition coefficient (Wildman–Crippen LogP) is 0.439. The van der Waals surface area contributed by atoms with Crippen molar-refractivity contribution >= 4 is 23.3 Å². The van der Waals surface area contributed by atoms with E-state index in [1.807, 2.05) is 0 Å². The zero-order chi connectivity index (χ0) is 12.4. The highest BCUT2D eigenvalue weighted by atomic mass is 32.1. The quantitative estimate of drug-likeness (QED) is 0.387. The van der Waals surface area contributed by atoms with Crippen LogP contribution in [0.2, 0.25) is 0 Å². The molecule has 1 atom stereocenters. The Labute approximate surface area is 102 Å². The summed E-state index contributed by atoms with van der Waals surface area (Å²) in [5.41, 5.74) is 0. The number of nitrogens with one attached hydrogen (secondary N) is 2. The number of ether oxygens (including phenoxy) is 2. The van der Waals surface area contributed by atoms with Gasteiger partial charge in [0.1, 0.15) is 6.04 Å². The van der Waals surface area contributed by atoms with E-state index in [-0.39, 0.29) is 5.97 Å². The lowest BCUT2D eigenvalue weighted by Gasteiger charge is -2.15. The highest BCUT2D eigenvalue weighted by Crippen LogP contribution is 1.88. The molecule has 0 heterocycles. The van der Waals surface area contributed by atoms with Crippen LogP contribution in [0.1, 0.15) is 20.3 Å². The van der Waals surface area contributed by atoms with Crippen LogP contribution in [0.5, 0.6) is 0 Å². The van der Waals surface area contributed by atoms with Gasteiger partial charge in [0.15, 0.2) is 5.11 Å². The first kappa shape index (κ1) is 15.1. The van der Waals surface area contributed by atoms with Crippen molar-refractivity contribution in [2.75, 3.05) is 26.9 Å². The van der Waals surface area contributed by atoms with Gasteiger partial charge < -0.3 is 20.1 Å². The lowest BCUT2D eigenvalue weighted by atomic mass is 10.3. The molecule has 0 spiro atoms. The van der Waals surface area contributed by atoms with Crippen molar-refractivity contribution in [3.05, 3.63) is 0 Å². The molecule has 94 valence electrons. The summed E-state index contributed by atoms with van der Waals surface area (Å²) in [6.07, 6.45) is 0.867. The summed E-state index contributed by atoms with van der Waals surface area (Å²) < 4.78 is 9.74. The lowest BCUT2D eigenvalue weighted by Crippen LogP contribution is -2.45. The Morgan fingerprint density at radius 2 is 2.19 bits per heavy atom. The molecule has 0 aromatic carbocycles. The number of thiocarbonyl (C=S) groups is 1. The van der Waals surface area contributed by atoms with Crippen LogP contribution in [0.4, 0.5) is 0 Å². The SMILES string of the molecule is CCOC(=O)C(C)NC(=S)NCCCOC. The molecule has 0 fully saturated rings. The monoisotopic (exact) mass is 248 g/mol. The van der Waals surface area contributed by atoms with Crippen LogP contribution in [-0.4, -0.2) is 44.0 Å². The highest BCUT2D eigenvalue weighted by Gasteiger charge is 2.13. The third-order valence-electron chi connectivity index (χ3n) is 1.80. The first-order chi connectivity index (χ1) is 7.61. The minimum absolute atomic E-state index is 0.302. The third-order valence-corrected chi connectivity index (χ3v) is 2.06. The Hall–Kier alpha value is -0.880. The molecule has 0 aliphatic rings. The summed E-state index contributed by atoms with van der Waals surface area (Å²) in [5.74, 6) is -0.302. The van der Waals surface area contributed by atoms with Crippen LogP contribution < -0.4 is 10.6 Å². The Bertz CT molecular complexity index is 224. The molecule has 0 saturated heterocycles. The maximum absolute atomic E-state index is 11.3. The van der Waals surface area contributed by atoms with Crippen molar-refractivity contribution in [3.63, 3.8) is 0 Å². The predicted molar refractivity (Wildman–Crippen MR) is 66.3 cm³/mol. The molecule has 0 radical (unpaired) electrons. The average Bonchev–Trinajstić information content (AvgIpc) is 2.24. The van der Waals surface area contributed by atoms with Crippen molar-refractivity contribution in [3.8, 4) is 0 Å². The van der Waals surface area contributed by atoms with Gasteiger partial charge in [0.2, 0.25) is 0 Å². The fourth-order valence-electron chi connectivity index (χ4n) is 0.992. The van der Waals surface area contributed by atoms with Crippen molar-refractivity contribution in [1.29, 1.82) is 0 Å². The molecule has 6 heteroatoms. The second-order valence-corrected chi connectivity index (χ2v) is 3.63. The van der Waals surface area contributed by atoms with Crippen LogP contribution in [0.15, 0.2) is 0 Å². The van der Waals surface area contributed by atoms with Gasteiger partial charge in [0, 0.05) is 20.3 Å². The molecule has 0 aliphatic heterocycles. The lowest BCUT2D eigenvalue weighted by molar-refractivity contribution is -0.144. The molecule has 5 nitrogen and oxygen atoms in total. The van der Waals surface area contributed by atoms with Gasteiger partial charge in [0.25, 0.3) is 0 Å². The first-order valence-electron chi connectivity index (χ1n) is 5.31. The summed E-state index contributed by atoms with van der Waals surface area (Å²) in [5, 5.41) is 6.28. The number of hydrogen-bond donors (Lipinski definition) is 2. The molecule has 0 saturated carbocycles. The third kappa shape index (κ3) is 7.42. The molecule has 16 heavy (non-hydrogen) atoms. The molecule has 0 bridgehead atoms. The summed E-state index contributed by atoms with van der Waals surface area (Å²) >= 11 is 5.01. The van der Waals surface area contributed by atoms with E-state index in [4.69, 9.17) is 21.7 Å². The van der Waals surface area contributed by atoms with E-state index in [2.05, 4.69) is 10.6 Å². The molecule has 0 aromatic heterocycles. The van der Waals surface area contributed by atoms with E-state index in [1.165, 1.54) is 0 Å². The van der Waals surface area contributed by atoms with Gasteiger partial charge in [-0.15, -0.1) is 0 Å². The van der Waals surface area contributed by atoms with Crippen molar-refractivity contribution in [2.24, 2.45) is 0 Å². The Kier molecular flexibility index (Phi) is 8.84. The summed E-state index contributed by atoms with van der Waals surface area (Å²) in [4.78, 5) is 11.3. The van der Waals surface area contributed by atoms with E-state index in [9.17, 15) is 4.79 Å². The largest absolute Gasteiger partial charge is 0.464 e. The van der Waals surface area contributed by atoms with E-state index in [0.29, 0.717) is 18.3 Å². The van der Waals surface area contributed by atoms with Gasteiger partial charge in [-0.1, -0.05) is 0 Å². The summed E-state index contributed by atoms with van der Waals surface area (Å²) in [7, 11) is 1.65. The van der Waals surface area contributed by atoms with Crippen molar-refractivity contribution in [1.82, 2.24) is 10.6 Å². The molecule has 1 unspecified atom stereocenters. The highest BCUT2D eigenvalue weighted by molar-refractivity contribution is 7.80. The Balaban J connectivity index is 3.65. The second-order valence-electron chi connectivity index (χ2n) is 3.22. The van der Waals surface area contributed by atoms with Crippen LogP contribution >= 0.6 is 12.2 Å². The van der Waals surface area contributed by atoms with Gasteiger partial charge in [-0.05, 0) is 32.5 Å². The van der Waals surface area contributed by atoms with Gasteiger partial charge in [-0.25, -0.2) is 4.79 Å². The number of hydrogen-bond acceptors (Lipinski definition) is 4. The molecular weight excluding hydrogens is 228 g/mol. The zero-order valence-corrected chi connectivity index (χ0v) is 10.9. The van der Waals surface area contributed by atoms with Crippen LogP contribution in [-0.2, 0) is 14.3 Å². The molecule has 0 aliphatic carbocycles. The van der Waals surface area contributed by atoms with Gasteiger partial charge in [-0.3, -0.25) is 0 Å². The number of esters is 1. The number of rotatable bonds is 7. The number of carbonyl (C=O) groups excluding carboxylic acids is 1.